The lowest BCUT2D eigenvalue weighted by molar-refractivity contribution is 0.550. The van der Waals surface area contributed by atoms with Crippen molar-refractivity contribution in [3.8, 4) is 0 Å². The molecule has 96 valence electrons. The van der Waals surface area contributed by atoms with Crippen molar-refractivity contribution in [1.82, 2.24) is 14.9 Å². The van der Waals surface area contributed by atoms with Gasteiger partial charge in [-0.05, 0) is 19.1 Å². The standard InChI is InChI=1S/C14H19N3S/c1-12(14-16-8-10-17(14)2)15-9-11-18-13-6-4-3-5-7-13/h3-8,10,12,15H,9,11H2,1-2H3. The van der Waals surface area contributed by atoms with Crippen LogP contribution in [0.15, 0.2) is 47.6 Å². The van der Waals surface area contributed by atoms with Crippen LogP contribution in [0.25, 0.3) is 0 Å². The minimum absolute atomic E-state index is 0.293. The van der Waals surface area contributed by atoms with Gasteiger partial charge in [0.2, 0.25) is 0 Å². The maximum Gasteiger partial charge on any atom is 0.125 e. The Morgan fingerprint density at radius 2 is 2.11 bits per heavy atom. The van der Waals surface area contributed by atoms with Crippen LogP contribution in [0.4, 0.5) is 0 Å². The van der Waals surface area contributed by atoms with Gasteiger partial charge in [0.05, 0.1) is 6.04 Å². The summed E-state index contributed by atoms with van der Waals surface area (Å²) >= 11 is 1.87. The number of nitrogens with zero attached hydrogens (tertiary/aromatic N) is 2. The molecule has 1 unspecified atom stereocenters. The Morgan fingerprint density at radius 1 is 1.33 bits per heavy atom. The van der Waals surface area contributed by atoms with E-state index >= 15 is 0 Å². The molecule has 0 saturated heterocycles. The predicted molar refractivity (Wildman–Crippen MR) is 76.8 cm³/mol. The fraction of sp³-hybridized carbons (Fsp3) is 0.357. The molecule has 0 bridgehead atoms. The maximum absolute atomic E-state index is 4.35. The van der Waals surface area contributed by atoms with Gasteiger partial charge in [-0.1, -0.05) is 18.2 Å². The van der Waals surface area contributed by atoms with Crippen LogP contribution >= 0.6 is 11.8 Å². The molecule has 0 amide bonds. The molecule has 0 aliphatic heterocycles. The molecule has 1 atom stereocenters. The molecular weight excluding hydrogens is 242 g/mol. The van der Waals surface area contributed by atoms with Crippen molar-refractivity contribution >= 4 is 11.8 Å². The number of imidazole rings is 1. The molecule has 0 aliphatic carbocycles. The Hall–Kier alpha value is -1.26. The van der Waals surface area contributed by atoms with Gasteiger partial charge in [0.25, 0.3) is 0 Å². The highest BCUT2D eigenvalue weighted by Gasteiger charge is 2.08. The van der Waals surface area contributed by atoms with Crippen molar-refractivity contribution < 1.29 is 0 Å². The summed E-state index contributed by atoms with van der Waals surface area (Å²) in [5, 5.41) is 3.49. The van der Waals surface area contributed by atoms with Crippen molar-refractivity contribution in [1.29, 1.82) is 0 Å². The largest absolute Gasteiger partial charge is 0.337 e. The summed E-state index contributed by atoms with van der Waals surface area (Å²) in [6, 6.07) is 10.8. The van der Waals surface area contributed by atoms with Crippen LogP contribution in [-0.2, 0) is 7.05 Å². The smallest absolute Gasteiger partial charge is 0.125 e. The second kappa shape index (κ2) is 6.61. The van der Waals surface area contributed by atoms with Crippen LogP contribution in [0.2, 0.25) is 0 Å². The van der Waals surface area contributed by atoms with Gasteiger partial charge in [-0.25, -0.2) is 4.98 Å². The van der Waals surface area contributed by atoms with E-state index in [0.29, 0.717) is 6.04 Å². The zero-order chi connectivity index (χ0) is 12.8. The maximum atomic E-state index is 4.35. The van der Waals surface area contributed by atoms with E-state index in [1.165, 1.54) is 4.90 Å². The second-order valence-electron chi connectivity index (χ2n) is 4.23. The highest BCUT2D eigenvalue weighted by molar-refractivity contribution is 7.99. The molecule has 1 heterocycles. The summed E-state index contributed by atoms with van der Waals surface area (Å²) in [7, 11) is 2.03. The predicted octanol–water partition coefficient (Wildman–Crippen LogP) is 2.86. The van der Waals surface area contributed by atoms with Crippen LogP contribution in [-0.4, -0.2) is 21.8 Å². The number of benzene rings is 1. The zero-order valence-corrected chi connectivity index (χ0v) is 11.7. The van der Waals surface area contributed by atoms with Gasteiger partial charge in [0.15, 0.2) is 0 Å². The molecule has 0 spiro atoms. The SMILES string of the molecule is CC(NCCSc1ccccc1)c1nccn1C. The number of hydrogen-bond acceptors (Lipinski definition) is 3. The quantitative estimate of drug-likeness (QED) is 0.640. The lowest BCUT2D eigenvalue weighted by Crippen LogP contribution is -2.23. The summed E-state index contributed by atoms with van der Waals surface area (Å²) in [6.07, 6.45) is 3.82. The van der Waals surface area contributed by atoms with E-state index in [2.05, 4.69) is 46.1 Å². The van der Waals surface area contributed by atoms with Crippen LogP contribution in [0.3, 0.4) is 0 Å². The first-order valence-corrected chi connectivity index (χ1v) is 7.14. The molecule has 0 radical (unpaired) electrons. The summed E-state index contributed by atoms with van der Waals surface area (Å²) < 4.78 is 2.06. The lowest BCUT2D eigenvalue weighted by Gasteiger charge is -2.13. The molecular formula is C14H19N3S. The molecule has 1 aromatic heterocycles. The summed E-state index contributed by atoms with van der Waals surface area (Å²) in [4.78, 5) is 5.67. The highest BCUT2D eigenvalue weighted by Crippen LogP contribution is 2.16. The van der Waals surface area contributed by atoms with Crippen molar-refractivity contribution in [2.75, 3.05) is 12.3 Å². The first kappa shape index (κ1) is 13.2. The third-order valence-corrected chi connectivity index (χ3v) is 3.82. The number of aryl methyl sites for hydroxylation is 1. The van der Waals surface area contributed by atoms with E-state index in [1.54, 1.807) is 0 Å². The van der Waals surface area contributed by atoms with Gasteiger partial charge in [-0.2, -0.15) is 0 Å². The molecule has 0 aliphatic rings. The normalized spacial score (nSPS) is 12.6. The zero-order valence-electron chi connectivity index (χ0n) is 10.8. The van der Waals surface area contributed by atoms with E-state index in [0.717, 1.165) is 18.1 Å². The van der Waals surface area contributed by atoms with E-state index in [9.17, 15) is 0 Å². The molecule has 1 aromatic carbocycles. The monoisotopic (exact) mass is 261 g/mol. The van der Waals surface area contributed by atoms with E-state index in [4.69, 9.17) is 0 Å². The Kier molecular flexibility index (Phi) is 4.84. The molecule has 4 heteroatoms. The topological polar surface area (TPSA) is 29.9 Å². The summed E-state index contributed by atoms with van der Waals surface area (Å²) in [5.41, 5.74) is 0. The van der Waals surface area contributed by atoms with Crippen molar-refractivity contribution in [2.24, 2.45) is 7.05 Å². The average molecular weight is 261 g/mol. The summed E-state index contributed by atoms with van der Waals surface area (Å²) in [5.74, 6) is 2.15. The van der Waals surface area contributed by atoms with Crippen LogP contribution in [0.1, 0.15) is 18.8 Å². The van der Waals surface area contributed by atoms with Gasteiger partial charge in [0, 0.05) is 36.6 Å². The average Bonchev–Trinajstić information content (AvgIpc) is 2.82. The molecule has 0 fully saturated rings. The Balaban J connectivity index is 1.71. The first-order chi connectivity index (χ1) is 8.77. The summed E-state index contributed by atoms with van der Waals surface area (Å²) in [6.45, 7) is 3.13. The van der Waals surface area contributed by atoms with Crippen molar-refractivity contribution in [3.05, 3.63) is 48.5 Å². The minimum Gasteiger partial charge on any atom is -0.337 e. The van der Waals surface area contributed by atoms with Gasteiger partial charge >= 0.3 is 0 Å². The molecule has 18 heavy (non-hydrogen) atoms. The van der Waals surface area contributed by atoms with Gasteiger partial charge < -0.3 is 9.88 Å². The third-order valence-electron chi connectivity index (χ3n) is 2.81. The fourth-order valence-corrected chi connectivity index (χ4v) is 2.65. The van der Waals surface area contributed by atoms with Crippen molar-refractivity contribution in [2.45, 2.75) is 17.9 Å². The first-order valence-electron chi connectivity index (χ1n) is 6.16. The van der Waals surface area contributed by atoms with Crippen molar-refractivity contribution in [3.63, 3.8) is 0 Å². The number of thioether (sulfide) groups is 1. The Bertz CT molecular complexity index is 467. The van der Waals surface area contributed by atoms with Gasteiger partial charge in [0.1, 0.15) is 5.82 Å². The fourth-order valence-electron chi connectivity index (χ4n) is 1.85. The second-order valence-corrected chi connectivity index (χ2v) is 5.40. The van der Waals surface area contributed by atoms with Crippen LogP contribution < -0.4 is 5.32 Å². The number of rotatable bonds is 6. The Labute approximate surface area is 113 Å². The lowest BCUT2D eigenvalue weighted by atomic mass is 10.3. The molecule has 1 N–H and O–H groups in total. The number of aromatic nitrogens is 2. The molecule has 2 rings (SSSR count). The van der Waals surface area contributed by atoms with E-state index in [-0.39, 0.29) is 0 Å². The number of nitrogens with one attached hydrogen (secondary N) is 1. The Morgan fingerprint density at radius 3 is 2.78 bits per heavy atom. The molecule has 3 nitrogen and oxygen atoms in total. The third kappa shape index (κ3) is 3.62. The highest BCUT2D eigenvalue weighted by atomic mass is 32.2. The van der Waals surface area contributed by atoms with E-state index < -0.39 is 0 Å². The molecule has 2 aromatic rings. The number of hydrogen-bond donors (Lipinski definition) is 1. The molecule has 0 saturated carbocycles. The van der Waals surface area contributed by atoms with E-state index in [1.807, 2.05) is 37.3 Å². The van der Waals surface area contributed by atoms with Crippen LogP contribution in [0, 0.1) is 0 Å². The van der Waals surface area contributed by atoms with Gasteiger partial charge in [-0.3, -0.25) is 0 Å². The van der Waals surface area contributed by atoms with Gasteiger partial charge in [-0.15, -0.1) is 11.8 Å². The minimum atomic E-state index is 0.293. The van der Waals surface area contributed by atoms with Crippen LogP contribution in [0.5, 0.6) is 0 Å².